The minimum absolute atomic E-state index is 0.281. The summed E-state index contributed by atoms with van der Waals surface area (Å²) in [6.07, 6.45) is 1.80. The Kier molecular flexibility index (Phi) is 5.32. The molecule has 26 heavy (non-hydrogen) atoms. The highest BCUT2D eigenvalue weighted by molar-refractivity contribution is 7.71. The van der Waals surface area contributed by atoms with Gasteiger partial charge in [-0.2, -0.15) is 14.9 Å². The van der Waals surface area contributed by atoms with E-state index in [-0.39, 0.29) is 6.61 Å². The fourth-order valence-electron chi connectivity index (χ4n) is 2.72. The monoisotopic (exact) mass is 366 g/mol. The van der Waals surface area contributed by atoms with Crippen LogP contribution in [0.4, 0.5) is 0 Å². The summed E-state index contributed by atoms with van der Waals surface area (Å²) in [7, 11) is 0. The molecule has 0 saturated carbocycles. The van der Waals surface area contributed by atoms with Crippen LogP contribution in [0.5, 0.6) is 5.75 Å². The van der Waals surface area contributed by atoms with E-state index >= 15 is 0 Å². The van der Waals surface area contributed by atoms with Crippen molar-refractivity contribution in [2.75, 3.05) is 0 Å². The Bertz CT molecular complexity index is 997. The lowest BCUT2D eigenvalue weighted by Crippen LogP contribution is -2.06. The SMILES string of the molecule is Cc1ccc(C)c(/C=N\n2c(COc3c(C)cccc3C)n[nH]c2=S)c1. The number of benzene rings is 2. The summed E-state index contributed by atoms with van der Waals surface area (Å²) in [6, 6.07) is 12.3. The van der Waals surface area contributed by atoms with E-state index in [4.69, 9.17) is 17.0 Å². The highest BCUT2D eigenvalue weighted by atomic mass is 32.1. The van der Waals surface area contributed by atoms with Crippen LogP contribution in [0, 0.1) is 32.5 Å². The van der Waals surface area contributed by atoms with Gasteiger partial charge in [-0.05, 0) is 62.2 Å². The van der Waals surface area contributed by atoms with E-state index in [0.29, 0.717) is 10.6 Å². The van der Waals surface area contributed by atoms with Crippen LogP contribution in [0.3, 0.4) is 0 Å². The molecule has 2 aromatic carbocycles. The van der Waals surface area contributed by atoms with E-state index < -0.39 is 0 Å². The fraction of sp³-hybridized carbons (Fsp3) is 0.250. The molecular formula is C20H22N4OS. The van der Waals surface area contributed by atoms with E-state index in [1.54, 1.807) is 10.9 Å². The summed E-state index contributed by atoms with van der Waals surface area (Å²) in [5, 5.41) is 11.5. The lowest BCUT2D eigenvalue weighted by atomic mass is 10.1. The van der Waals surface area contributed by atoms with E-state index in [1.807, 2.05) is 32.0 Å². The largest absolute Gasteiger partial charge is 0.485 e. The van der Waals surface area contributed by atoms with Gasteiger partial charge in [0.05, 0.1) is 6.21 Å². The van der Waals surface area contributed by atoms with Crippen molar-refractivity contribution < 1.29 is 4.74 Å². The lowest BCUT2D eigenvalue weighted by molar-refractivity contribution is 0.287. The second-order valence-corrected chi connectivity index (χ2v) is 6.76. The number of para-hydroxylation sites is 1. The highest BCUT2D eigenvalue weighted by Gasteiger charge is 2.09. The third-order valence-electron chi connectivity index (χ3n) is 4.22. The van der Waals surface area contributed by atoms with Crippen molar-refractivity contribution in [2.45, 2.75) is 34.3 Å². The smallest absolute Gasteiger partial charge is 0.216 e. The summed E-state index contributed by atoms with van der Waals surface area (Å²) >= 11 is 5.30. The molecule has 0 spiro atoms. The van der Waals surface area contributed by atoms with E-state index in [9.17, 15) is 0 Å². The molecule has 3 aromatic rings. The number of aryl methyl sites for hydroxylation is 4. The Labute approximate surface area is 158 Å². The van der Waals surface area contributed by atoms with Crippen LogP contribution < -0.4 is 4.74 Å². The molecule has 134 valence electrons. The van der Waals surface area contributed by atoms with Gasteiger partial charge in [-0.15, -0.1) is 0 Å². The number of nitrogens with one attached hydrogen (secondary N) is 1. The third-order valence-corrected chi connectivity index (χ3v) is 4.48. The Morgan fingerprint density at radius 3 is 2.58 bits per heavy atom. The highest BCUT2D eigenvalue weighted by Crippen LogP contribution is 2.23. The van der Waals surface area contributed by atoms with Gasteiger partial charge in [0.15, 0.2) is 5.82 Å². The third kappa shape index (κ3) is 3.91. The first-order valence-electron chi connectivity index (χ1n) is 8.42. The number of hydrogen-bond donors (Lipinski definition) is 1. The molecule has 0 aliphatic heterocycles. The molecule has 1 aromatic heterocycles. The maximum atomic E-state index is 5.98. The van der Waals surface area contributed by atoms with Crippen LogP contribution >= 0.6 is 12.2 Å². The average Bonchev–Trinajstić information content (AvgIpc) is 2.95. The van der Waals surface area contributed by atoms with Crippen LogP contribution in [0.25, 0.3) is 0 Å². The molecule has 3 rings (SSSR count). The minimum Gasteiger partial charge on any atom is -0.485 e. The summed E-state index contributed by atoms with van der Waals surface area (Å²) in [6.45, 7) is 8.45. The number of aromatic nitrogens is 3. The second-order valence-electron chi connectivity index (χ2n) is 6.37. The molecule has 0 atom stereocenters. The summed E-state index contributed by atoms with van der Waals surface area (Å²) < 4.78 is 8.02. The topological polar surface area (TPSA) is 55.2 Å². The van der Waals surface area contributed by atoms with Gasteiger partial charge in [0.2, 0.25) is 4.77 Å². The van der Waals surface area contributed by atoms with Crippen molar-refractivity contribution in [1.82, 2.24) is 14.9 Å². The van der Waals surface area contributed by atoms with Crippen molar-refractivity contribution in [2.24, 2.45) is 5.10 Å². The van der Waals surface area contributed by atoms with Crippen LogP contribution in [-0.4, -0.2) is 21.1 Å². The van der Waals surface area contributed by atoms with Crippen molar-refractivity contribution in [3.63, 3.8) is 0 Å². The second kappa shape index (κ2) is 7.66. The number of rotatable bonds is 5. The average molecular weight is 366 g/mol. The van der Waals surface area contributed by atoms with Gasteiger partial charge in [-0.25, -0.2) is 5.10 Å². The number of H-pyrrole nitrogens is 1. The molecule has 0 radical (unpaired) electrons. The molecule has 0 fully saturated rings. The molecule has 6 heteroatoms. The van der Waals surface area contributed by atoms with E-state index in [0.717, 1.165) is 28.0 Å². The number of hydrogen-bond acceptors (Lipinski definition) is 4. The summed E-state index contributed by atoms with van der Waals surface area (Å²) in [5.74, 6) is 1.49. The maximum Gasteiger partial charge on any atom is 0.216 e. The van der Waals surface area contributed by atoms with Gasteiger partial charge in [-0.1, -0.05) is 42.0 Å². The molecule has 1 heterocycles. The van der Waals surface area contributed by atoms with E-state index in [2.05, 4.69) is 47.3 Å². The molecule has 0 unspecified atom stereocenters. The predicted molar refractivity (Wildman–Crippen MR) is 107 cm³/mol. The molecule has 0 bridgehead atoms. The molecule has 5 nitrogen and oxygen atoms in total. The number of ether oxygens (including phenoxy) is 1. The Morgan fingerprint density at radius 1 is 1.12 bits per heavy atom. The van der Waals surface area contributed by atoms with Gasteiger partial charge < -0.3 is 4.74 Å². The molecule has 1 N–H and O–H groups in total. The molecule has 0 aliphatic rings. The molecular weight excluding hydrogens is 344 g/mol. The first-order chi connectivity index (χ1) is 12.5. The molecule has 0 aliphatic carbocycles. The number of nitrogens with zero attached hydrogens (tertiary/aromatic N) is 3. The van der Waals surface area contributed by atoms with Crippen molar-refractivity contribution in [3.05, 3.63) is 74.8 Å². The van der Waals surface area contributed by atoms with Crippen LogP contribution in [0.1, 0.15) is 33.6 Å². The Morgan fingerprint density at radius 2 is 1.85 bits per heavy atom. The zero-order valence-electron chi connectivity index (χ0n) is 15.4. The van der Waals surface area contributed by atoms with Gasteiger partial charge in [-0.3, -0.25) is 0 Å². The van der Waals surface area contributed by atoms with Gasteiger partial charge in [0.1, 0.15) is 12.4 Å². The fourth-order valence-corrected chi connectivity index (χ4v) is 2.92. The summed E-state index contributed by atoms with van der Waals surface area (Å²) in [5.41, 5.74) is 5.57. The van der Waals surface area contributed by atoms with Crippen molar-refractivity contribution >= 4 is 18.4 Å². The van der Waals surface area contributed by atoms with Crippen molar-refractivity contribution in [3.8, 4) is 5.75 Å². The van der Waals surface area contributed by atoms with Gasteiger partial charge in [0.25, 0.3) is 0 Å². The number of aromatic amines is 1. The van der Waals surface area contributed by atoms with Gasteiger partial charge in [0, 0.05) is 0 Å². The minimum atomic E-state index is 0.281. The maximum absolute atomic E-state index is 5.98. The normalized spacial score (nSPS) is 11.2. The van der Waals surface area contributed by atoms with Crippen LogP contribution in [0.2, 0.25) is 0 Å². The van der Waals surface area contributed by atoms with E-state index in [1.165, 1.54) is 5.56 Å². The molecule has 0 saturated heterocycles. The van der Waals surface area contributed by atoms with Crippen molar-refractivity contribution in [1.29, 1.82) is 0 Å². The quantitative estimate of drug-likeness (QED) is 0.529. The first-order valence-corrected chi connectivity index (χ1v) is 8.83. The molecule has 0 amide bonds. The zero-order chi connectivity index (χ0) is 18.7. The zero-order valence-corrected chi connectivity index (χ0v) is 16.2. The standard InChI is InChI=1S/C20H22N4OS/c1-13-8-9-14(2)17(10-13)11-21-24-18(22-23-20(24)26)12-25-19-15(3)6-5-7-16(19)4/h5-11H,12H2,1-4H3,(H,23,26)/b21-11-. The van der Waals surface area contributed by atoms with Gasteiger partial charge >= 0.3 is 0 Å². The van der Waals surface area contributed by atoms with Crippen LogP contribution in [0.15, 0.2) is 41.5 Å². The van der Waals surface area contributed by atoms with Crippen LogP contribution in [-0.2, 0) is 6.61 Å². The first kappa shape index (κ1) is 18.1. The Hall–Kier alpha value is -2.73. The Balaban J connectivity index is 1.84. The predicted octanol–water partition coefficient (Wildman–Crippen LogP) is 4.64. The lowest BCUT2D eigenvalue weighted by Gasteiger charge is -2.11. The summed E-state index contributed by atoms with van der Waals surface area (Å²) in [4.78, 5) is 0.